The lowest BCUT2D eigenvalue weighted by Crippen LogP contribution is -2.45. The lowest BCUT2D eigenvalue weighted by Gasteiger charge is -2.25. The van der Waals surface area contributed by atoms with Crippen molar-refractivity contribution in [1.82, 2.24) is 0 Å². The Balaban J connectivity index is 0.00000324. The quantitative estimate of drug-likeness (QED) is 0.587. The van der Waals surface area contributed by atoms with Crippen LogP contribution in [0.4, 0.5) is 14.5 Å². The summed E-state index contributed by atoms with van der Waals surface area (Å²) < 4.78 is 26.5. The van der Waals surface area contributed by atoms with Crippen LogP contribution in [-0.2, 0) is 4.79 Å². The molecule has 1 aromatic carbocycles. The summed E-state index contributed by atoms with van der Waals surface area (Å²) in [5.74, 6) is -1.90. The Kier molecular flexibility index (Phi) is 6.64. The van der Waals surface area contributed by atoms with Crippen LogP contribution >= 0.6 is 35.0 Å². The molecule has 0 aliphatic carbocycles. The number of benzene rings is 1. The molecule has 3 nitrogen and oxygen atoms in total. The molecule has 0 bridgehead atoms. The highest BCUT2D eigenvalue weighted by Crippen LogP contribution is 2.22. The third kappa shape index (κ3) is 4.85. The normalized spacial score (nSPS) is 12.6. The van der Waals surface area contributed by atoms with Gasteiger partial charge in [0.15, 0.2) is 0 Å². The Bertz CT molecular complexity index is 454. The standard InChI is InChI=1S/C12H15F2IN2O.ClH/c1-12(2,3)10(16)11(18)17-6-4-7(13)9(15)8(14)5-6;/h4-5,10H,16H2,1-3H3,(H,17,18);1H/t10-;/m1./s1. The van der Waals surface area contributed by atoms with Crippen molar-refractivity contribution in [3.63, 3.8) is 0 Å². The van der Waals surface area contributed by atoms with Crippen LogP contribution in [0.25, 0.3) is 0 Å². The molecule has 108 valence electrons. The summed E-state index contributed by atoms with van der Waals surface area (Å²) in [5, 5.41) is 2.41. The van der Waals surface area contributed by atoms with E-state index in [4.69, 9.17) is 5.73 Å². The Morgan fingerprint density at radius 2 is 1.74 bits per heavy atom. The molecule has 0 radical (unpaired) electrons. The van der Waals surface area contributed by atoms with Crippen LogP contribution < -0.4 is 11.1 Å². The first-order chi connectivity index (χ1) is 8.12. The van der Waals surface area contributed by atoms with Gasteiger partial charge in [0.1, 0.15) is 11.6 Å². The second-order valence-corrected chi connectivity index (χ2v) is 6.17. The van der Waals surface area contributed by atoms with E-state index < -0.39 is 29.0 Å². The summed E-state index contributed by atoms with van der Waals surface area (Å²) in [6, 6.07) is 1.37. The second-order valence-electron chi connectivity index (χ2n) is 5.09. The van der Waals surface area contributed by atoms with Gasteiger partial charge < -0.3 is 11.1 Å². The van der Waals surface area contributed by atoms with Gasteiger partial charge in [-0.05, 0) is 40.1 Å². The first-order valence-corrected chi connectivity index (χ1v) is 6.42. The molecule has 0 saturated heterocycles. The molecule has 0 saturated carbocycles. The number of hydrogen-bond donors (Lipinski definition) is 2. The Hall–Kier alpha value is -0.470. The van der Waals surface area contributed by atoms with E-state index in [1.165, 1.54) is 0 Å². The van der Waals surface area contributed by atoms with Gasteiger partial charge in [-0.15, -0.1) is 12.4 Å². The fraction of sp³-hybridized carbons (Fsp3) is 0.417. The van der Waals surface area contributed by atoms with Gasteiger partial charge >= 0.3 is 0 Å². The van der Waals surface area contributed by atoms with E-state index in [2.05, 4.69) is 5.32 Å². The van der Waals surface area contributed by atoms with Crippen molar-refractivity contribution in [2.24, 2.45) is 11.1 Å². The molecule has 0 fully saturated rings. The Morgan fingerprint density at radius 1 is 1.32 bits per heavy atom. The fourth-order valence-electron chi connectivity index (χ4n) is 1.24. The van der Waals surface area contributed by atoms with Crippen molar-refractivity contribution in [1.29, 1.82) is 0 Å². The number of carbonyl (C=O) groups excluding carboxylic acids is 1. The molecule has 3 N–H and O–H groups in total. The predicted molar refractivity (Wildman–Crippen MR) is 82.4 cm³/mol. The highest BCUT2D eigenvalue weighted by atomic mass is 127. The highest BCUT2D eigenvalue weighted by molar-refractivity contribution is 14.1. The van der Waals surface area contributed by atoms with Crippen molar-refractivity contribution >= 4 is 46.6 Å². The molecular formula is C12H16ClF2IN2O. The van der Waals surface area contributed by atoms with E-state index in [1.807, 2.05) is 20.8 Å². The van der Waals surface area contributed by atoms with E-state index in [0.29, 0.717) is 0 Å². The third-order valence-corrected chi connectivity index (χ3v) is 3.50. The van der Waals surface area contributed by atoms with Crippen molar-refractivity contribution < 1.29 is 13.6 Å². The van der Waals surface area contributed by atoms with E-state index in [-0.39, 0.29) is 21.7 Å². The van der Waals surface area contributed by atoms with Crippen molar-refractivity contribution in [2.75, 3.05) is 5.32 Å². The molecule has 1 atom stereocenters. The lowest BCUT2D eigenvalue weighted by atomic mass is 9.87. The van der Waals surface area contributed by atoms with Gasteiger partial charge in [-0.3, -0.25) is 4.79 Å². The topological polar surface area (TPSA) is 55.1 Å². The minimum atomic E-state index is -0.761. The molecule has 0 spiro atoms. The number of amides is 1. The maximum absolute atomic E-state index is 13.3. The summed E-state index contributed by atoms with van der Waals surface area (Å²) in [5.41, 5.74) is 5.39. The van der Waals surface area contributed by atoms with Gasteiger partial charge in [0.05, 0.1) is 9.61 Å². The van der Waals surface area contributed by atoms with Gasteiger partial charge in [-0.25, -0.2) is 8.78 Å². The average Bonchev–Trinajstić information content (AvgIpc) is 2.23. The monoisotopic (exact) mass is 404 g/mol. The summed E-state index contributed by atoms with van der Waals surface area (Å²) in [6.07, 6.45) is 0. The summed E-state index contributed by atoms with van der Waals surface area (Å²) >= 11 is 1.56. The number of anilines is 1. The molecule has 1 amide bonds. The zero-order valence-corrected chi connectivity index (χ0v) is 13.7. The number of nitrogens with one attached hydrogen (secondary N) is 1. The Morgan fingerprint density at radius 3 is 2.11 bits per heavy atom. The van der Waals surface area contributed by atoms with Crippen LogP contribution in [0, 0.1) is 20.6 Å². The fourth-order valence-corrected chi connectivity index (χ4v) is 1.55. The molecule has 0 unspecified atom stereocenters. The minimum Gasteiger partial charge on any atom is -0.325 e. The van der Waals surface area contributed by atoms with Gasteiger partial charge in [0, 0.05) is 5.69 Å². The SMILES string of the molecule is CC(C)(C)[C@H](N)C(=O)Nc1cc(F)c(I)c(F)c1.Cl. The van der Waals surface area contributed by atoms with Crippen molar-refractivity contribution in [3.8, 4) is 0 Å². The number of nitrogens with two attached hydrogens (primary N) is 1. The summed E-state index contributed by atoms with van der Waals surface area (Å²) in [4.78, 5) is 11.8. The predicted octanol–water partition coefficient (Wildman–Crippen LogP) is 3.30. The largest absolute Gasteiger partial charge is 0.325 e. The van der Waals surface area contributed by atoms with Crippen molar-refractivity contribution in [3.05, 3.63) is 27.3 Å². The third-order valence-electron chi connectivity index (χ3n) is 2.47. The molecule has 0 heterocycles. The van der Waals surface area contributed by atoms with Gasteiger partial charge in [0.2, 0.25) is 5.91 Å². The molecule has 19 heavy (non-hydrogen) atoms. The summed E-state index contributed by atoms with van der Waals surface area (Å²) in [6.45, 7) is 5.44. The van der Waals surface area contributed by atoms with E-state index in [9.17, 15) is 13.6 Å². The zero-order chi connectivity index (χ0) is 14.1. The molecule has 0 aromatic heterocycles. The number of rotatable bonds is 2. The van der Waals surface area contributed by atoms with Gasteiger partial charge in [0.25, 0.3) is 0 Å². The number of hydrogen-bond acceptors (Lipinski definition) is 2. The van der Waals surface area contributed by atoms with Gasteiger partial charge in [-0.2, -0.15) is 0 Å². The molecular weight excluding hydrogens is 388 g/mol. The van der Waals surface area contributed by atoms with Gasteiger partial charge in [-0.1, -0.05) is 20.8 Å². The molecule has 0 aliphatic heterocycles. The smallest absolute Gasteiger partial charge is 0.241 e. The average molecular weight is 405 g/mol. The van der Waals surface area contributed by atoms with Crippen LogP contribution in [0.3, 0.4) is 0 Å². The Labute approximate surface area is 130 Å². The van der Waals surface area contributed by atoms with E-state index >= 15 is 0 Å². The van der Waals surface area contributed by atoms with E-state index in [1.54, 1.807) is 22.6 Å². The van der Waals surface area contributed by atoms with Crippen molar-refractivity contribution in [2.45, 2.75) is 26.8 Å². The summed E-state index contributed by atoms with van der Waals surface area (Å²) in [7, 11) is 0. The number of carbonyl (C=O) groups is 1. The zero-order valence-electron chi connectivity index (χ0n) is 10.8. The highest BCUT2D eigenvalue weighted by Gasteiger charge is 2.27. The first kappa shape index (κ1) is 18.5. The lowest BCUT2D eigenvalue weighted by molar-refractivity contribution is -0.119. The maximum Gasteiger partial charge on any atom is 0.241 e. The van der Waals surface area contributed by atoms with Crippen LogP contribution in [0.2, 0.25) is 0 Å². The second kappa shape index (κ2) is 6.81. The minimum absolute atomic E-state index is 0. The number of halogens is 4. The van der Waals surface area contributed by atoms with Crippen LogP contribution in [-0.4, -0.2) is 11.9 Å². The molecule has 1 aromatic rings. The van der Waals surface area contributed by atoms with E-state index in [0.717, 1.165) is 12.1 Å². The molecule has 1 rings (SSSR count). The van der Waals surface area contributed by atoms with Crippen LogP contribution in [0.1, 0.15) is 20.8 Å². The van der Waals surface area contributed by atoms with Crippen LogP contribution in [0.5, 0.6) is 0 Å². The maximum atomic E-state index is 13.3. The first-order valence-electron chi connectivity index (χ1n) is 5.34. The molecule has 0 aliphatic rings. The molecule has 7 heteroatoms. The van der Waals surface area contributed by atoms with Crippen LogP contribution in [0.15, 0.2) is 12.1 Å².